The van der Waals surface area contributed by atoms with Gasteiger partial charge in [0.25, 0.3) is 0 Å². The minimum atomic E-state index is -0.523. The van der Waals surface area contributed by atoms with E-state index in [1.54, 1.807) is 24.3 Å². The maximum atomic E-state index is 9.93. The molecule has 0 aromatic heterocycles. The van der Waals surface area contributed by atoms with Crippen LogP contribution in [0.1, 0.15) is 18.6 Å². The molecule has 0 bridgehead atoms. The van der Waals surface area contributed by atoms with Crippen molar-refractivity contribution in [3.63, 3.8) is 0 Å². The van der Waals surface area contributed by atoms with E-state index in [2.05, 4.69) is 0 Å². The van der Waals surface area contributed by atoms with Crippen molar-refractivity contribution in [2.24, 2.45) is 0 Å². The van der Waals surface area contributed by atoms with Crippen LogP contribution in [-0.2, 0) is 0 Å². The molecule has 78 valence electrons. The summed E-state index contributed by atoms with van der Waals surface area (Å²) in [7, 11) is 3.85. The van der Waals surface area contributed by atoms with Crippen LogP contribution in [0.3, 0.4) is 0 Å². The number of rotatable bonds is 3. The van der Waals surface area contributed by atoms with E-state index in [-0.39, 0.29) is 11.8 Å². The molecule has 0 saturated carbocycles. The summed E-state index contributed by atoms with van der Waals surface area (Å²) in [5.41, 5.74) is 0.823. The molecule has 0 spiro atoms. The average molecular weight is 195 g/mol. The SMILES string of the molecule is CC([C@@H](O)c1ccc(O)cc1)N(C)C. The Morgan fingerprint density at radius 1 is 1.14 bits per heavy atom. The van der Waals surface area contributed by atoms with Gasteiger partial charge in [0.15, 0.2) is 0 Å². The van der Waals surface area contributed by atoms with Gasteiger partial charge < -0.3 is 15.1 Å². The lowest BCUT2D eigenvalue weighted by Crippen LogP contribution is -2.30. The maximum absolute atomic E-state index is 9.93. The van der Waals surface area contributed by atoms with Crippen molar-refractivity contribution in [3.8, 4) is 5.75 Å². The van der Waals surface area contributed by atoms with Gasteiger partial charge in [0.05, 0.1) is 6.10 Å². The van der Waals surface area contributed by atoms with Gasteiger partial charge in [0.2, 0.25) is 0 Å². The second kappa shape index (κ2) is 4.44. The Kier molecular flexibility index (Phi) is 3.49. The summed E-state index contributed by atoms with van der Waals surface area (Å²) < 4.78 is 0. The zero-order valence-electron chi connectivity index (χ0n) is 8.81. The van der Waals surface area contributed by atoms with Crippen molar-refractivity contribution in [2.45, 2.75) is 19.1 Å². The molecule has 1 aromatic carbocycles. The number of nitrogens with zero attached hydrogens (tertiary/aromatic N) is 1. The summed E-state index contributed by atoms with van der Waals surface area (Å²) >= 11 is 0. The summed E-state index contributed by atoms with van der Waals surface area (Å²) in [5, 5.41) is 19.0. The number of hydrogen-bond acceptors (Lipinski definition) is 3. The number of phenolic OH excluding ortho intramolecular Hbond substituents is 1. The Hall–Kier alpha value is -1.06. The van der Waals surface area contributed by atoms with Gasteiger partial charge in [0, 0.05) is 6.04 Å². The molecule has 3 heteroatoms. The number of benzene rings is 1. The third-order valence-corrected chi connectivity index (χ3v) is 2.51. The highest BCUT2D eigenvalue weighted by Crippen LogP contribution is 2.21. The molecule has 0 saturated heterocycles. The average Bonchev–Trinajstić information content (AvgIpc) is 2.16. The number of likely N-dealkylation sites (N-methyl/N-ethyl adjacent to an activating group) is 1. The minimum absolute atomic E-state index is 0.0551. The fraction of sp³-hybridized carbons (Fsp3) is 0.455. The van der Waals surface area contributed by atoms with Crippen molar-refractivity contribution < 1.29 is 10.2 Å². The predicted octanol–water partition coefficient (Wildman–Crippen LogP) is 1.38. The van der Waals surface area contributed by atoms with Crippen LogP contribution < -0.4 is 0 Å². The summed E-state index contributed by atoms with van der Waals surface area (Å²) in [6.45, 7) is 1.96. The molecule has 0 amide bonds. The summed E-state index contributed by atoms with van der Waals surface area (Å²) in [5.74, 6) is 0.221. The van der Waals surface area contributed by atoms with Crippen LogP contribution in [0, 0.1) is 0 Å². The zero-order valence-corrected chi connectivity index (χ0v) is 8.81. The first-order chi connectivity index (χ1) is 6.52. The molecular formula is C11H17NO2. The van der Waals surface area contributed by atoms with Gasteiger partial charge >= 0.3 is 0 Å². The van der Waals surface area contributed by atoms with Crippen LogP contribution in [0.5, 0.6) is 5.75 Å². The fourth-order valence-corrected chi connectivity index (χ4v) is 1.23. The number of aromatic hydroxyl groups is 1. The van der Waals surface area contributed by atoms with E-state index < -0.39 is 6.10 Å². The molecule has 2 atom stereocenters. The van der Waals surface area contributed by atoms with Crippen LogP contribution in [0.2, 0.25) is 0 Å². The van der Waals surface area contributed by atoms with Crippen molar-refractivity contribution in [1.82, 2.24) is 4.90 Å². The Balaban J connectivity index is 2.78. The maximum Gasteiger partial charge on any atom is 0.115 e. The normalized spacial score (nSPS) is 15.5. The van der Waals surface area contributed by atoms with Gasteiger partial charge in [-0.05, 0) is 38.7 Å². The van der Waals surface area contributed by atoms with Crippen molar-refractivity contribution >= 4 is 0 Å². The molecule has 0 aliphatic rings. The lowest BCUT2D eigenvalue weighted by atomic mass is 10.0. The Morgan fingerprint density at radius 2 is 1.64 bits per heavy atom. The molecule has 0 aliphatic heterocycles. The smallest absolute Gasteiger partial charge is 0.115 e. The number of aliphatic hydroxyl groups excluding tert-OH is 1. The molecule has 1 aromatic rings. The quantitative estimate of drug-likeness (QED) is 0.765. The highest BCUT2D eigenvalue weighted by atomic mass is 16.3. The predicted molar refractivity (Wildman–Crippen MR) is 56.2 cm³/mol. The van der Waals surface area contributed by atoms with Crippen LogP contribution >= 0.6 is 0 Å². The van der Waals surface area contributed by atoms with Gasteiger partial charge in [-0.25, -0.2) is 0 Å². The second-order valence-corrected chi connectivity index (χ2v) is 3.74. The number of aliphatic hydroxyl groups is 1. The summed E-state index contributed by atoms with van der Waals surface area (Å²) in [4.78, 5) is 1.96. The van der Waals surface area contributed by atoms with Gasteiger partial charge in [-0.2, -0.15) is 0 Å². The monoisotopic (exact) mass is 195 g/mol. The molecule has 3 nitrogen and oxygen atoms in total. The third kappa shape index (κ3) is 2.47. The van der Waals surface area contributed by atoms with E-state index in [1.165, 1.54) is 0 Å². The molecule has 0 radical (unpaired) electrons. The molecular weight excluding hydrogens is 178 g/mol. The van der Waals surface area contributed by atoms with Gasteiger partial charge in [0.1, 0.15) is 5.75 Å². The molecule has 0 fully saturated rings. The first-order valence-electron chi connectivity index (χ1n) is 4.66. The van der Waals surface area contributed by atoms with Crippen molar-refractivity contribution in [3.05, 3.63) is 29.8 Å². The molecule has 0 heterocycles. The highest BCUT2D eigenvalue weighted by molar-refractivity contribution is 5.27. The van der Waals surface area contributed by atoms with Gasteiger partial charge in [-0.15, -0.1) is 0 Å². The van der Waals surface area contributed by atoms with Crippen molar-refractivity contribution in [1.29, 1.82) is 0 Å². The van der Waals surface area contributed by atoms with E-state index in [1.807, 2.05) is 25.9 Å². The lowest BCUT2D eigenvalue weighted by Gasteiger charge is -2.25. The van der Waals surface area contributed by atoms with Gasteiger partial charge in [-0.3, -0.25) is 0 Å². The zero-order chi connectivity index (χ0) is 10.7. The van der Waals surface area contributed by atoms with E-state index in [0.717, 1.165) is 5.56 Å². The van der Waals surface area contributed by atoms with E-state index in [0.29, 0.717) is 0 Å². The Bertz CT molecular complexity index is 282. The number of phenols is 1. The van der Waals surface area contributed by atoms with E-state index >= 15 is 0 Å². The first-order valence-corrected chi connectivity index (χ1v) is 4.66. The van der Waals surface area contributed by atoms with Crippen LogP contribution in [0.4, 0.5) is 0 Å². The third-order valence-electron chi connectivity index (χ3n) is 2.51. The summed E-state index contributed by atoms with van der Waals surface area (Å²) in [6, 6.07) is 6.70. The number of hydrogen-bond donors (Lipinski definition) is 2. The molecule has 1 rings (SSSR count). The Morgan fingerprint density at radius 3 is 2.07 bits per heavy atom. The van der Waals surface area contributed by atoms with Crippen LogP contribution in [-0.4, -0.2) is 35.3 Å². The topological polar surface area (TPSA) is 43.7 Å². The van der Waals surface area contributed by atoms with Crippen LogP contribution in [0.15, 0.2) is 24.3 Å². The highest BCUT2D eigenvalue weighted by Gasteiger charge is 2.17. The lowest BCUT2D eigenvalue weighted by molar-refractivity contribution is 0.0858. The molecule has 2 N–H and O–H groups in total. The standard InChI is InChI=1S/C11H17NO2/c1-8(12(2)3)11(14)9-4-6-10(13)7-5-9/h4-8,11,13-14H,1-3H3/t8?,11-/m1/s1. The van der Waals surface area contributed by atoms with E-state index in [4.69, 9.17) is 5.11 Å². The Labute approximate surface area is 84.6 Å². The first kappa shape index (κ1) is 11.0. The minimum Gasteiger partial charge on any atom is -0.508 e. The van der Waals surface area contributed by atoms with Crippen molar-refractivity contribution in [2.75, 3.05) is 14.1 Å². The molecule has 1 unspecified atom stereocenters. The second-order valence-electron chi connectivity index (χ2n) is 3.74. The fourth-order valence-electron chi connectivity index (χ4n) is 1.23. The summed E-state index contributed by atoms with van der Waals surface area (Å²) in [6.07, 6.45) is -0.523. The van der Waals surface area contributed by atoms with Gasteiger partial charge in [-0.1, -0.05) is 12.1 Å². The molecule has 14 heavy (non-hydrogen) atoms. The van der Waals surface area contributed by atoms with Crippen LogP contribution in [0.25, 0.3) is 0 Å². The van der Waals surface area contributed by atoms with E-state index in [9.17, 15) is 5.11 Å². The largest absolute Gasteiger partial charge is 0.508 e. The molecule has 0 aliphatic carbocycles.